The standard InChI is InChI=1S/C20H24N6O/c1-14(11-19-12-21-8-9-22-19)23-20(27)24-18-6-4-17(5-7-18)13-26-16(3)10-15(2)25-26/h4-10,12,14H,11,13H2,1-3H3,(H2,23,24,27). The number of rotatable bonds is 6. The molecule has 0 saturated carbocycles. The zero-order chi connectivity index (χ0) is 19.2. The molecule has 7 nitrogen and oxygen atoms in total. The van der Waals surface area contributed by atoms with Crippen LogP contribution in [-0.4, -0.2) is 31.8 Å². The number of hydrogen-bond acceptors (Lipinski definition) is 4. The number of amides is 2. The highest BCUT2D eigenvalue weighted by molar-refractivity contribution is 5.89. The van der Waals surface area contributed by atoms with E-state index in [9.17, 15) is 4.79 Å². The van der Waals surface area contributed by atoms with Gasteiger partial charge in [0.15, 0.2) is 0 Å². The molecule has 0 aliphatic rings. The molecule has 27 heavy (non-hydrogen) atoms. The van der Waals surface area contributed by atoms with Gasteiger partial charge >= 0.3 is 6.03 Å². The second-order valence-electron chi connectivity index (χ2n) is 6.68. The summed E-state index contributed by atoms with van der Waals surface area (Å²) >= 11 is 0. The van der Waals surface area contributed by atoms with E-state index in [0.29, 0.717) is 13.0 Å². The van der Waals surface area contributed by atoms with Gasteiger partial charge < -0.3 is 10.6 Å². The largest absolute Gasteiger partial charge is 0.335 e. The highest BCUT2D eigenvalue weighted by Gasteiger charge is 2.09. The highest BCUT2D eigenvalue weighted by Crippen LogP contribution is 2.12. The fourth-order valence-corrected chi connectivity index (χ4v) is 2.89. The van der Waals surface area contributed by atoms with Crippen molar-refractivity contribution in [2.45, 2.75) is 39.8 Å². The molecule has 1 unspecified atom stereocenters. The quantitative estimate of drug-likeness (QED) is 0.704. The van der Waals surface area contributed by atoms with E-state index in [1.807, 2.05) is 49.7 Å². The van der Waals surface area contributed by atoms with Gasteiger partial charge in [-0.25, -0.2) is 4.79 Å². The summed E-state index contributed by atoms with van der Waals surface area (Å²) in [5, 5.41) is 10.2. The van der Waals surface area contributed by atoms with Crippen molar-refractivity contribution in [2.75, 3.05) is 5.32 Å². The van der Waals surface area contributed by atoms with Gasteiger partial charge in [-0.2, -0.15) is 5.10 Å². The number of carbonyl (C=O) groups excluding carboxylic acids is 1. The van der Waals surface area contributed by atoms with Crippen LogP contribution in [0.4, 0.5) is 10.5 Å². The Hall–Kier alpha value is -3.22. The summed E-state index contributed by atoms with van der Waals surface area (Å²) in [6.45, 7) is 6.68. The molecule has 140 valence electrons. The molecule has 0 radical (unpaired) electrons. The summed E-state index contributed by atoms with van der Waals surface area (Å²) in [4.78, 5) is 20.4. The summed E-state index contributed by atoms with van der Waals surface area (Å²) in [5.41, 5.74) is 4.86. The van der Waals surface area contributed by atoms with Gasteiger partial charge in [-0.15, -0.1) is 0 Å². The Kier molecular flexibility index (Phi) is 5.80. The minimum atomic E-state index is -0.238. The first-order chi connectivity index (χ1) is 13.0. The molecule has 2 heterocycles. The van der Waals surface area contributed by atoms with Crippen molar-refractivity contribution >= 4 is 11.7 Å². The molecular weight excluding hydrogens is 340 g/mol. The molecule has 1 atom stereocenters. The Labute approximate surface area is 158 Å². The molecule has 3 aromatic rings. The average molecular weight is 364 g/mol. The predicted octanol–water partition coefficient (Wildman–Crippen LogP) is 3.09. The maximum absolute atomic E-state index is 12.2. The zero-order valence-corrected chi connectivity index (χ0v) is 15.8. The molecule has 2 aromatic heterocycles. The number of hydrogen-bond donors (Lipinski definition) is 2. The van der Waals surface area contributed by atoms with Crippen LogP contribution in [0.1, 0.15) is 29.6 Å². The van der Waals surface area contributed by atoms with Gasteiger partial charge in [0, 0.05) is 42.4 Å². The molecule has 2 N–H and O–H groups in total. The van der Waals surface area contributed by atoms with Gasteiger partial charge in [-0.05, 0) is 44.5 Å². The van der Waals surface area contributed by atoms with E-state index in [4.69, 9.17) is 0 Å². The van der Waals surface area contributed by atoms with E-state index in [1.165, 1.54) is 0 Å². The number of nitrogens with zero attached hydrogens (tertiary/aromatic N) is 4. The molecule has 0 bridgehead atoms. The van der Waals surface area contributed by atoms with Crippen LogP contribution in [0.3, 0.4) is 0 Å². The Morgan fingerprint density at radius 2 is 1.96 bits per heavy atom. The van der Waals surface area contributed by atoms with Crippen molar-refractivity contribution < 1.29 is 4.79 Å². The van der Waals surface area contributed by atoms with Crippen LogP contribution in [-0.2, 0) is 13.0 Å². The fraction of sp³-hybridized carbons (Fsp3) is 0.300. The number of aromatic nitrogens is 4. The lowest BCUT2D eigenvalue weighted by Crippen LogP contribution is -2.37. The first kappa shape index (κ1) is 18.6. The molecule has 2 amide bonds. The zero-order valence-electron chi connectivity index (χ0n) is 15.8. The van der Waals surface area contributed by atoms with Gasteiger partial charge in [-0.1, -0.05) is 12.1 Å². The van der Waals surface area contributed by atoms with Crippen molar-refractivity contribution in [2.24, 2.45) is 0 Å². The second-order valence-corrected chi connectivity index (χ2v) is 6.68. The normalized spacial score (nSPS) is 11.8. The van der Waals surface area contributed by atoms with Crippen molar-refractivity contribution in [3.05, 3.63) is 71.6 Å². The highest BCUT2D eigenvalue weighted by atomic mass is 16.2. The van der Waals surface area contributed by atoms with E-state index in [1.54, 1.807) is 18.6 Å². The Balaban J connectivity index is 1.51. The van der Waals surface area contributed by atoms with Gasteiger partial charge in [0.2, 0.25) is 0 Å². The average Bonchev–Trinajstić information content (AvgIpc) is 2.94. The van der Waals surface area contributed by atoms with Gasteiger partial charge in [0.1, 0.15) is 0 Å². The molecule has 0 aliphatic carbocycles. The van der Waals surface area contributed by atoms with Crippen LogP contribution >= 0.6 is 0 Å². The van der Waals surface area contributed by atoms with Crippen LogP contribution in [0, 0.1) is 13.8 Å². The predicted molar refractivity (Wildman–Crippen MR) is 105 cm³/mol. The first-order valence-corrected chi connectivity index (χ1v) is 8.92. The van der Waals surface area contributed by atoms with Gasteiger partial charge in [0.05, 0.1) is 17.9 Å². The Bertz CT molecular complexity index is 889. The summed E-state index contributed by atoms with van der Waals surface area (Å²) in [6.07, 6.45) is 5.61. The van der Waals surface area contributed by atoms with Crippen molar-refractivity contribution in [1.29, 1.82) is 0 Å². The topological polar surface area (TPSA) is 84.7 Å². The van der Waals surface area contributed by atoms with Crippen LogP contribution in [0.2, 0.25) is 0 Å². The van der Waals surface area contributed by atoms with E-state index in [0.717, 1.165) is 28.3 Å². The van der Waals surface area contributed by atoms with Crippen LogP contribution < -0.4 is 10.6 Å². The molecule has 3 rings (SSSR count). The smallest absolute Gasteiger partial charge is 0.319 e. The molecular formula is C20H24N6O. The molecule has 7 heteroatoms. The van der Waals surface area contributed by atoms with Crippen molar-refractivity contribution in [1.82, 2.24) is 25.1 Å². The lowest BCUT2D eigenvalue weighted by molar-refractivity contribution is 0.249. The van der Waals surface area contributed by atoms with Crippen LogP contribution in [0.5, 0.6) is 0 Å². The Morgan fingerprint density at radius 3 is 2.59 bits per heavy atom. The van der Waals surface area contributed by atoms with E-state index >= 15 is 0 Å². The number of nitrogens with one attached hydrogen (secondary N) is 2. The summed E-state index contributed by atoms with van der Waals surface area (Å²) in [6, 6.07) is 9.55. The third-order valence-corrected chi connectivity index (χ3v) is 4.16. The van der Waals surface area contributed by atoms with E-state index in [-0.39, 0.29) is 12.1 Å². The number of benzene rings is 1. The molecule has 0 spiro atoms. The lowest BCUT2D eigenvalue weighted by atomic mass is 10.2. The maximum Gasteiger partial charge on any atom is 0.319 e. The number of aryl methyl sites for hydroxylation is 2. The van der Waals surface area contributed by atoms with E-state index in [2.05, 4.69) is 31.8 Å². The minimum Gasteiger partial charge on any atom is -0.335 e. The first-order valence-electron chi connectivity index (χ1n) is 8.92. The minimum absolute atomic E-state index is 0.0491. The monoisotopic (exact) mass is 364 g/mol. The third kappa shape index (κ3) is 5.37. The van der Waals surface area contributed by atoms with Gasteiger partial charge in [-0.3, -0.25) is 14.6 Å². The fourth-order valence-electron chi connectivity index (χ4n) is 2.89. The number of anilines is 1. The Morgan fingerprint density at radius 1 is 1.19 bits per heavy atom. The SMILES string of the molecule is Cc1cc(C)n(Cc2ccc(NC(=O)NC(C)Cc3cnccn3)cc2)n1. The lowest BCUT2D eigenvalue weighted by Gasteiger charge is -2.14. The maximum atomic E-state index is 12.2. The summed E-state index contributed by atoms with van der Waals surface area (Å²) < 4.78 is 1.97. The summed E-state index contributed by atoms with van der Waals surface area (Å²) in [5.74, 6) is 0. The molecule has 1 aromatic carbocycles. The van der Waals surface area contributed by atoms with Crippen molar-refractivity contribution in [3.63, 3.8) is 0 Å². The second kappa shape index (κ2) is 8.44. The third-order valence-electron chi connectivity index (χ3n) is 4.16. The molecule has 0 fully saturated rings. The van der Waals surface area contributed by atoms with Crippen LogP contribution in [0.15, 0.2) is 48.9 Å². The number of urea groups is 1. The molecule has 0 aliphatic heterocycles. The van der Waals surface area contributed by atoms with Crippen LogP contribution in [0.25, 0.3) is 0 Å². The summed E-state index contributed by atoms with van der Waals surface area (Å²) in [7, 11) is 0. The van der Waals surface area contributed by atoms with Crippen molar-refractivity contribution in [3.8, 4) is 0 Å². The molecule has 0 saturated heterocycles. The van der Waals surface area contributed by atoms with Gasteiger partial charge in [0.25, 0.3) is 0 Å². The number of carbonyl (C=O) groups is 1. The van der Waals surface area contributed by atoms with E-state index < -0.39 is 0 Å².